The molecular formula is C39H63N5O12. The number of cyclic esters (lactones) is 1. The van der Waals surface area contributed by atoms with E-state index in [-0.39, 0.29) is 62.6 Å². The molecule has 3 fully saturated rings. The standard InChI is InChI=1S/C39H63N5O12/c1-12-29-39(9,50)34-24(6)31(40-25(7)45)22(4)16-38(8,52-18-27(17-51-34)43-53-19-26-15-30(46)42-37(49)41-26)33(20(2)13-21(3)35(48)55-29)56-36-32(47)28(44(10)11)14-23(5)54-36/h15,20-24,28-29,32-34,36,47,50H,12-14,16-19H2,1-11H3,(H2,41,42,46,49)/b40-31?,43-27-/t20-,21+,22?,23+,24?,28-,29+,32?,33?,34?,36-,38+,39+/m0/s1. The summed E-state index contributed by atoms with van der Waals surface area (Å²) in [5.74, 6) is -3.15. The first-order valence-corrected chi connectivity index (χ1v) is 19.6. The number of nitrogens with zero attached hydrogens (tertiary/aromatic N) is 3. The van der Waals surface area contributed by atoms with Crippen LogP contribution in [0.5, 0.6) is 0 Å². The number of carbonyl (C=O) groups is 2. The number of hydrogen-bond donors (Lipinski definition) is 4. The molecule has 0 radical (unpaired) electrons. The van der Waals surface area contributed by atoms with Gasteiger partial charge in [-0.3, -0.25) is 19.4 Å². The van der Waals surface area contributed by atoms with Crippen LogP contribution in [0.15, 0.2) is 25.8 Å². The van der Waals surface area contributed by atoms with Crippen molar-refractivity contribution in [2.24, 2.45) is 33.8 Å². The van der Waals surface area contributed by atoms with Crippen LogP contribution in [0.3, 0.4) is 0 Å². The van der Waals surface area contributed by atoms with E-state index in [1.54, 1.807) is 27.7 Å². The van der Waals surface area contributed by atoms with Crippen molar-refractivity contribution in [3.05, 3.63) is 32.6 Å². The van der Waals surface area contributed by atoms with E-state index in [4.69, 9.17) is 28.5 Å². The molecule has 5 unspecified atom stereocenters. The van der Waals surface area contributed by atoms with Gasteiger partial charge in [0.25, 0.3) is 5.56 Å². The number of aliphatic imine (C=N–C) groups is 1. The summed E-state index contributed by atoms with van der Waals surface area (Å²) in [5, 5.41) is 28.3. The second kappa shape index (κ2) is 19.0. The molecule has 1 aromatic rings. The highest BCUT2D eigenvalue weighted by molar-refractivity contribution is 5.98. The highest BCUT2D eigenvalue weighted by Gasteiger charge is 2.51. The van der Waals surface area contributed by atoms with Crippen molar-refractivity contribution in [3.8, 4) is 0 Å². The van der Waals surface area contributed by atoms with E-state index >= 15 is 0 Å². The predicted octanol–water partition coefficient (Wildman–Crippen LogP) is 2.32. The Balaban J connectivity index is 1.91. The predicted molar refractivity (Wildman–Crippen MR) is 206 cm³/mol. The van der Waals surface area contributed by atoms with Crippen LogP contribution < -0.4 is 11.2 Å². The van der Waals surface area contributed by atoms with Gasteiger partial charge in [-0.15, -0.1) is 0 Å². The fourth-order valence-electron chi connectivity index (χ4n) is 8.62. The first-order chi connectivity index (χ1) is 26.2. The fourth-order valence-corrected chi connectivity index (χ4v) is 8.62. The lowest BCUT2D eigenvalue weighted by Crippen LogP contribution is -2.59. The largest absolute Gasteiger partial charge is 0.459 e. The summed E-state index contributed by atoms with van der Waals surface area (Å²) in [5.41, 5.74) is -3.46. The summed E-state index contributed by atoms with van der Waals surface area (Å²) in [6.45, 7) is 15.2. The molecule has 1 aromatic heterocycles. The normalized spacial score (nSPS) is 39.4. The Bertz CT molecular complexity index is 1660. The molecule has 2 bridgehead atoms. The molecule has 4 rings (SSSR count). The first kappa shape index (κ1) is 45.4. The number of ether oxygens (including phenoxy) is 5. The Hall–Kier alpha value is -3.32. The van der Waals surface area contributed by atoms with Crippen LogP contribution in [0.25, 0.3) is 0 Å². The minimum absolute atomic E-state index is 0.170. The zero-order chi connectivity index (χ0) is 41.7. The van der Waals surface area contributed by atoms with Crippen molar-refractivity contribution < 1.29 is 48.3 Å². The Kier molecular flexibility index (Phi) is 15.4. The van der Waals surface area contributed by atoms with Crippen LogP contribution in [0.2, 0.25) is 0 Å². The van der Waals surface area contributed by atoms with Gasteiger partial charge in [-0.25, -0.2) is 9.79 Å². The van der Waals surface area contributed by atoms with Gasteiger partial charge in [0.2, 0.25) is 5.91 Å². The number of H-pyrrole nitrogens is 2. The summed E-state index contributed by atoms with van der Waals surface area (Å²) >= 11 is 0. The summed E-state index contributed by atoms with van der Waals surface area (Å²) in [6, 6.07) is 0.914. The molecule has 1 amide bonds. The monoisotopic (exact) mass is 793 g/mol. The number of hydrogen-bond acceptors (Lipinski definition) is 14. The lowest BCUT2D eigenvalue weighted by atomic mass is 9.74. The summed E-state index contributed by atoms with van der Waals surface area (Å²) < 4.78 is 32.6. The van der Waals surface area contributed by atoms with Gasteiger partial charge in [0.1, 0.15) is 23.5 Å². The number of oxime groups is 1. The van der Waals surface area contributed by atoms with Crippen LogP contribution >= 0.6 is 0 Å². The van der Waals surface area contributed by atoms with Gasteiger partial charge >= 0.3 is 11.7 Å². The second-order valence-corrected chi connectivity index (χ2v) is 16.6. The van der Waals surface area contributed by atoms with Gasteiger partial charge in [0.05, 0.1) is 48.7 Å². The lowest BCUT2D eigenvalue weighted by Gasteiger charge is -2.48. The van der Waals surface area contributed by atoms with Gasteiger partial charge in [0, 0.05) is 30.7 Å². The number of aliphatic hydroxyl groups is 2. The third-order valence-electron chi connectivity index (χ3n) is 11.3. The van der Waals surface area contributed by atoms with Gasteiger partial charge in [0.15, 0.2) is 12.9 Å². The average molecular weight is 794 g/mol. The fraction of sp³-hybridized carbons (Fsp3) is 0.795. The van der Waals surface area contributed by atoms with E-state index in [2.05, 4.69) is 20.1 Å². The summed E-state index contributed by atoms with van der Waals surface area (Å²) in [7, 11) is 3.78. The number of amides is 1. The molecule has 3 aliphatic heterocycles. The maximum Gasteiger partial charge on any atom is 0.326 e. The van der Waals surface area contributed by atoms with Crippen LogP contribution in [-0.2, 0) is 44.7 Å². The van der Waals surface area contributed by atoms with E-state index in [9.17, 15) is 29.4 Å². The Morgan fingerprint density at radius 1 is 1.05 bits per heavy atom. The van der Waals surface area contributed by atoms with Crippen molar-refractivity contribution in [3.63, 3.8) is 0 Å². The molecule has 17 heteroatoms. The number of rotatable bonds is 7. The molecule has 0 aromatic carbocycles. The van der Waals surface area contributed by atoms with Gasteiger partial charge in [-0.05, 0) is 72.4 Å². The average Bonchev–Trinajstić information content (AvgIpc) is 3.11. The lowest BCUT2D eigenvalue weighted by molar-refractivity contribution is -0.298. The van der Waals surface area contributed by atoms with E-state index in [1.165, 1.54) is 13.0 Å². The quantitative estimate of drug-likeness (QED) is 0.230. The SMILES string of the molecule is CC[C@H]1OC(=O)[C@H](C)C[C@H](C)C(O[C@@H]2O[C@H](C)C[C@H](N(C)C)C2O)[C@@]2(C)CC(C)C(=NC(C)=O)C(C)C(OC/C(=N/OCc3cc(=O)[nH]c(=O)[nH]3)CO2)[C@]1(C)O. The topological polar surface area (TPSA) is 224 Å². The van der Waals surface area contributed by atoms with Gasteiger partial charge in [-0.2, -0.15) is 0 Å². The number of aromatic nitrogens is 2. The molecule has 4 N–H and O–H groups in total. The highest BCUT2D eigenvalue weighted by Crippen LogP contribution is 2.40. The van der Waals surface area contributed by atoms with Crippen LogP contribution in [0.4, 0.5) is 0 Å². The van der Waals surface area contributed by atoms with E-state index in [0.29, 0.717) is 12.1 Å². The Morgan fingerprint density at radius 3 is 2.38 bits per heavy atom. The van der Waals surface area contributed by atoms with Crippen LogP contribution in [0.1, 0.15) is 93.7 Å². The first-order valence-electron chi connectivity index (χ1n) is 19.6. The number of nitrogens with one attached hydrogen (secondary N) is 2. The molecular weight excluding hydrogens is 730 g/mol. The highest BCUT2D eigenvalue weighted by atomic mass is 16.7. The molecule has 17 nitrogen and oxygen atoms in total. The maximum absolute atomic E-state index is 13.8. The van der Waals surface area contributed by atoms with Crippen molar-refractivity contribution in [2.75, 3.05) is 27.3 Å². The summed E-state index contributed by atoms with van der Waals surface area (Å²) in [6.07, 6.45) is -3.90. The molecule has 316 valence electrons. The molecule has 0 aliphatic carbocycles. The molecule has 0 saturated carbocycles. The van der Waals surface area contributed by atoms with Crippen molar-refractivity contribution in [1.82, 2.24) is 14.9 Å². The number of aromatic amines is 2. The van der Waals surface area contributed by atoms with Crippen LogP contribution in [-0.4, -0.2) is 130 Å². The summed E-state index contributed by atoms with van der Waals surface area (Å²) in [4.78, 5) is 67.0. The minimum Gasteiger partial charge on any atom is -0.459 e. The molecule has 56 heavy (non-hydrogen) atoms. The molecule has 4 heterocycles. The smallest absolute Gasteiger partial charge is 0.326 e. The van der Waals surface area contributed by atoms with Crippen molar-refractivity contribution >= 4 is 23.3 Å². The third kappa shape index (κ3) is 11.0. The molecule has 0 spiro atoms. The molecule has 13 atom stereocenters. The van der Waals surface area contributed by atoms with E-state index in [0.717, 1.165) is 0 Å². The Morgan fingerprint density at radius 2 is 1.75 bits per heavy atom. The third-order valence-corrected chi connectivity index (χ3v) is 11.3. The zero-order valence-electron chi connectivity index (χ0n) is 34.7. The maximum atomic E-state index is 13.8. The van der Waals surface area contributed by atoms with Gasteiger partial charge in [-0.1, -0.05) is 39.8 Å². The van der Waals surface area contributed by atoms with Gasteiger partial charge < -0.3 is 48.6 Å². The van der Waals surface area contributed by atoms with Crippen molar-refractivity contribution in [2.45, 2.75) is 149 Å². The number of aliphatic hydroxyl groups excluding tert-OH is 1. The van der Waals surface area contributed by atoms with E-state index in [1.807, 2.05) is 46.7 Å². The number of carbonyl (C=O) groups excluding carboxylic acids is 2. The van der Waals surface area contributed by atoms with Crippen LogP contribution in [0, 0.1) is 23.7 Å². The second-order valence-electron chi connectivity index (χ2n) is 16.6. The number of esters is 1. The number of fused-ring (bicyclic) bond motifs is 5. The minimum atomic E-state index is -1.79. The number of likely N-dealkylation sites (N-methyl/N-ethyl adjacent to an activating group) is 1. The van der Waals surface area contributed by atoms with E-state index < -0.39 is 88.7 Å². The molecule has 3 saturated heterocycles. The zero-order valence-corrected chi connectivity index (χ0v) is 34.7. The van der Waals surface area contributed by atoms with Crippen molar-refractivity contribution in [1.29, 1.82) is 0 Å². The Labute approximate surface area is 328 Å². The molecule has 3 aliphatic rings.